The first-order chi connectivity index (χ1) is 11.3. The highest BCUT2D eigenvalue weighted by molar-refractivity contribution is 14.0. The summed E-state index contributed by atoms with van der Waals surface area (Å²) in [7, 11) is 1.81. The Bertz CT molecular complexity index is 536. The SMILES string of the molecule is C#CCOc1ccc(CCNC(=NC)NCC2CCCS2)cc1.I. The molecule has 1 aromatic carbocycles. The van der Waals surface area contributed by atoms with Crippen LogP contribution in [0.2, 0.25) is 0 Å². The average molecular weight is 459 g/mol. The van der Waals surface area contributed by atoms with Gasteiger partial charge in [0.25, 0.3) is 0 Å². The molecule has 132 valence electrons. The zero-order chi connectivity index (χ0) is 16.3. The molecule has 0 radical (unpaired) electrons. The normalized spacial score (nSPS) is 16.8. The zero-order valence-electron chi connectivity index (χ0n) is 14.1. The number of hydrogen-bond donors (Lipinski definition) is 2. The molecule has 4 nitrogen and oxygen atoms in total. The molecular formula is C18H26IN3OS. The summed E-state index contributed by atoms with van der Waals surface area (Å²) in [4.78, 5) is 4.27. The second kappa shape index (κ2) is 12.3. The largest absolute Gasteiger partial charge is 0.481 e. The van der Waals surface area contributed by atoms with Crippen molar-refractivity contribution in [2.45, 2.75) is 24.5 Å². The van der Waals surface area contributed by atoms with Crippen molar-refractivity contribution in [3.05, 3.63) is 29.8 Å². The highest BCUT2D eigenvalue weighted by atomic mass is 127. The maximum atomic E-state index is 5.37. The number of terminal acetylenes is 1. The molecule has 2 rings (SSSR count). The van der Waals surface area contributed by atoms with Gasteiger partial charge in [0, 0.05) is 25.4 Å². The zero-order valence-corrected chi connectivity index (χ0v) is 17.2. The lowest BCUT2D eigenvalue weighted by molar-refractivity contribution is 0.370. The number of nitrogens with zero attached hydrogens (tertiary/aromatic N) is 1. The van der Waals surface area contributed by atoms with E-state index in [2.05, 4.69) is 45.4 Å². The standard InChI is InChI=1S/C18H25N3OS.HI/c1-3-12-22-16-8-6-15(7-9-16)10-11-20-18(19-2)21-14-17-5-4-13-23-17;/h1,6-9,17H,4-5,10-14H2,2H3,(H2,19,20,21);1H. The fourth-order valence-corrected chi connectivity index (χ4v) is 3.64. The lowest BCUT2D eigenvalue weighted by Crippen LogP contribution is -2.40. The third kappa shape index (κ3) is 7.67. The van der Waals surface area contributed by atoms with Crippen LogP contribution in [0.25, 0.3) is 0 Å². The molecule has 0 aromatic heterocycles. The van der Waals surface area contributed by atoms with E-state index >= 15 is 0 Å². The topological polar surface area (TPSA) is 45.6 Å². The van der Waals surface area contributed by atoms with Gasteiger partial charge in [-0.25, -0.2) is 0 Å². The number of benzene rings is 1. The Hall–Kier alpha value is -1.07. The molecule has 0 spiro atoms. The van der Waals surface area contributed by atoms with Crippen LogP contribution in [0.1, 0.15) is 18.4 Å². The van der Waals surface area contributed by atoms with Crippen LogP contribution >= 0.6 is 35.7 Å². The van der Waals surface area contributed by atoms with Crippen molar-refractivity contribution in [1.82, 2.24) is 10.6 Å². The van der Waals surface area contributed by atoms with E-state index in [9.17, 15) is 0 Å². The molecule has 0 saturated carbocycles. The number of thioether (sulfide) groups is 1. The first-order valence-electron chi connectivity index (χ1n) is 8.03. The van der Waals surface area contributed by atoms with Gasteiger partial charge >= 0.3 is 0 Å². The Morgan fingerprint density at radius 3 is 2.79 bits per heavy atom. The van der Waals surface area contributed by atoms with E-state index in [1.165, 1.54) is 24.2 Å². The van der Waals surface area contributed by atoms with E-state index in [1.807, 2.05) is 19.2 Å². The molecule has 6 heteroatoms. The van der Waals surface area contributed by atoms with Gasteiger partial charge in [-0.1, -0.05) is 18.1 Å². The highest BCUT2D eigenvalue weighted by Gasteiger charge is 2.15. The molecule has 1 aliphatic rings. The maximum Gasteiger partial charge on any atom is 0.191 e. The van der Waals surface area contributed by atoms with Crippen molar-refractivity contribution in [2.24, 2.45) is 4.99 Å². The molecule has 1 aliphatic heterocycles. The van der Waals surface area contributed by atoms with Crippen molar-refractivity contribution in [3.63, 3.8) is 0 Å². The number of rotatable bonds is 7. The molecule has 2 N–H and O–H groups in total. The van der Waals surface area contributed by atoms with Crippen molar-refractivity contribution >= 4 is 41.7 Å². The van der Waals surface area contributed by atoms with Gasteiger partial charge in [-0.15, -0.1) is 30.4 Å². The first-order valence-corrected chi connectivity index (χ1v) is 9.08. The minimum Gasteiger partial charge on any atom is -0.481 e. The van der Waals surface area contributed by atoms with Gasteiger partial charge < -0.3 is 15.4 Å². The molecule has 24 heavy (non-hydrogen) atoms. The Labute approximate surface area is 166 Å². The summed E-state index contributed by atoms with van der Waals surface area (Å²) in [6, 6.07) is 8.05. The predicted molar refractivity (Wildman–Crippen MR) is 115 cm³/mol. The van der Waals surface area contributed by atoms with Crippen LogP contribution in [0.3, 0.4) is 0 Å². The van der Waals surface area contributed by atoms with Crippen LogP contribution < -0.4 is 15.4 Å². The van der Waals surface area contributed by atoms with E-state index in [0.717, 1.165) is 36.5 Å². The van der Waals surface area contributed by atoms with Gasteiger partial charge in [-0.2, -0.15) is 11.8 Å². The molecule has 1 atom stereocenters. The molecule has 1 heterocycles. The average Bonchev–Trinajstić information content (AvgIpc) is 3.10. The second-order valence-corrected chi connectivity index (χ2v) is 6.81. The summed E-state index contributed by atoms with van der Waals surface area (Å²) >= 11 is 2.05. The number of halogens is 1. The van der Waals surface area contributed by atoms with Crippen LogP contribution in [0.15, 0.2) is 29.3 Å². The number of ether oxygens (including phenoxy) is 1. The van der Waals surface area contributed by atoms with E-state index in [-0.39, 0.29) is 24.0 Å². The maximum absolute atomic E-state index is 5.37. The lowest BCUT2D eigenvalue weighted by Gasteiger charge is -2.14. The van der Waals surface area contributed by atoms with Gasteiger partial charge in [0.1, 0.15) is 12.4 Å². The van der Waals surface area contributed by atoms with Crippen molar-refractivity contribution in [3.8, 4) is 18.1 Å². The molecule has 0 aliphatic carbocycles. The predicted octanol–water partition coefficient (Wildman–Crippen LogP) is 2.92. The molecule has 1 unspecified atom stereocenters. The number of aliphatic imine (C=N–C) groups is 1. The Balaban J connectivity index is 0.00000288. The highest BCUT2D eigenvalue weighted by Crippen LogP contribution is 2.25. The van der Waals surface area contributed by atoms with E-state index in [4.69, 9.17) is 11.2 Å². The van der Waals surface area contributed by atoms with Crippen molar-refractivity contribution < 1.29 is 4.74 Å². The monoisotopic (exact) mass is 459 g/mol. The Morgan fingerprint density at radius 1 is 1.38 bits per heavy atom. The summed E-state index contributed by atoms with van der Waals surface area (Å²) in [5.74, 6) is 5.45. The summed E-state index contributed by atoms with van der Waals surface area (Å²) < 4.78 is 5.37. The van der Waals surface area contributed by atoms with Crippen LogP contribution in [-0.2, 0) is 6.42 Å². The van der Waals surface area contributed by atoms with Gasteiger partial charge in [0.2, 0.25) is 0 Å². The minimum absolute atomic E-state index is 0. The third-order valence-electron chi connectivity index (χ3n) is 3.70. The van der Waals surface area contributed by atoms with Crippen LogP contribution in [0.4, 0.5) is 0 Å². The van der Waals surface area contributed by atoms with Crippen LogP contribution in [0, 0.1) is 12.3 Å². The fourth-order valence-electron chi connectivity index (χ4n) is 2.44. The minimum atomic E-state index is 0. The van der Waals surface area contributed by atoms with Crippen LogP contribution in [-0.4, -0.2) is 43.7 Å². The third-order valence-corrected chi connectivity index (χ3v) is 5.09. The van der Waals surface area contributed by atoms with Gasteiger partial charge in [-0.3, -0.25) is 4.99 Å². The fraction of sp³-hybridized carbons (Fsp3) is 0.500. The number of nitrogens with one attached hydrogen (secondary N) is 2. The molecule has 1 aromatic rings. The second-order valence-electron chi connectivity index (χ2n) is 5.40. The van der Waals surface area contributed by atoms with Gasteiger partial charge in [0.05, 0.1) is 0 Å². The molecular weight excluding hydrogens is 433 g/mol. The Kier molecular flexibility index (Phi) is 10.8. The quantitative estimate of drug-likeness (QED) is 0.285. The van der Waals surface area contributed by atoms with Gasteiger partial charge in [-0.05, 0) is 42.7 Å². The molecule has 0 amide bonds. The van der Waals surface area contributed by atoms with Crippen molar-refractivity contribution in [1.29, 1.82) is 0 Å². The summed E-state index contributed by atoms with van der Waals surface area (Å²) in [6.07, 6.45) is 8.76. The summed E-state index contributed by atoms with van der Waals surface area (Å²) in [6.45, 7) is 2.15. The number of guanidine groups is 1. The van der Waals surface area contributed by atoms with Gasteiger partial charge in [0.15, 0.2) is 5.96 Å². The van der Waals surface area contributed by atoms with E-state index in [1.54, 1.807) is 0 Å². The smallest absolute Gasteiger partial charge is 0.191 e. The van der Waals surface area contributed by atoms with Crippen molar-refractivity contribution in [2.75, 3.05) is 32.5 Å². The molecule has 0 bridgehead atoms. The van der Waals surface area contributed by atoms with E-state index in [0.29, 0.717) is 6.61 Å². The number of hydrogen-bond acceptors (Lipinski definition) is 3. The molecule has 1 saturated heterocycles. The Morgan fingerprint density at radius 2 is 2.17 bits per heavy atom. The lowest BCUT2D eigenvalue weighted by atomic mass is 10.1. The van der Waals surface area contributed by atoms with Crippen LogP contribution in [0.5, 0.6) is 5.75 Å². The summed E-state index contributed by atoms with van der Waals surface area (Å²) in [5, 5.41) is 7.50. The molecule has 1 fully saturated rings. The summed E-state index contributed by atoms with van der Waals surface area (Å²) in [5.41, 5.74) is 1.26. The first kappa shape index (κ1) is 21.0. The van der Waals surface area contributed by atoms with E-state index < -0.39 is 0 Å².